The van der Waals surface area contributed by atoms with Crippen LogP contribution in [0, 0.1) is 0 Å². The van der Waals surface area contributed by atoms with Crippen molar-refractivity contribution in [3.8, 4) is 11.5 Å². The van der Waals surface area contributed by atoms with Crippen LogP contribution in [0.2, 0.25) is 0 Å². The van der Waals surface area contributed by atoms with Crippen LogP contribution in [0.5, 0.6) is 11.5 Å². The van der Waals surface area contributed by atoms with Crippen molar-refractivity contribution in [2.24, 2.45) is 0 Å². The highest BCUT2D eigenvalue weighted by Crippen LogP contribution is 2.33. The zero-order valence-electron chi connectivity index (χ0n) is 16.1. The third kappa shape index (κ3) is 4.58. The minimum absolute atomic E-state index is 0.0743. The van der Waals surface area contributed by atoms with E-state index >= 15 is 0 Å². The van der Waals surface area contributed by atoms with Crippen molar-refractivity contribution in [3.63, 3.8) is 0 Å². The number of esters is 1. The second kappa shape index (κ2) is 9.37. The molecule has 0 saturated heterocycles. The summed E-state index contributed by atoms with van der Waals surface area (Å²) in [5, 5.41) is 11.3. The fourth-order valence-corrected chi connectivity index (χ4v) is 3.01. The standard InChI is InChI=1S/C23H20F2O5/c1-28-20-14-16(12-13-19(20)30-22(24)25)15-29-21(26)23(27,17-8-4-2-5-9-17)18-10-6-3-7-11-18/h2-14,22,27H,15H2,1H3. The Bertz CT molecular complexity index is 938. The van der Waals surface area contributed by atoms with Gasteiger partial charge in [0.15, 0.2) is 11.5 Å². The van der Waals surface area contributed by atoms with E-state index in [4.69, 9.17) is 9.47 Å². The van der Waals surface area contributed by atoms with E-state index in [-0.39, 0.29) is 18.1 Å². The lowest BCUT2D eigenvalue weighted by Crippen LogP contribution is -2.38. The van der Waals surface area contributed by atoms with E-state index in [1.165, 1.54) is 25.3 Å². The summed E-state index contributed by atoms with van der Waals surface area (Å²) in [6.45, 7) is -3.19. The van der Waals surface area contributed by atoms with Crippen LogP contribution >= 0.6 is 0 Å². The first-order valence-electron chi connectivity index (χ1n) is 9.07. The van der Waals surface area contributed by atoms with Gasteiger partial charge in [0.05, 0.1) is 7.11 Å². The molecule has 0 aliphatic rings. The van der Waals surface area contributed by atoms with Gasteiger partial charge in [0.25, 0.3) is 0 Å². The number of benzene rings is 3. The van der Waals surface area contributed by atoms with E-state index in [1.54, 1.807) is 60.7 Å². The van der Waals surface area contributed by atoms with Crippen LogP contribution in [0.15, 0.2) is 78.9 Å². The van der Waals surface area contributed by atoms with Crippen molar-refractivity contribution in [2.45, 2.75) is 18.8 Å². The number of hydrogen-bond donors (Lipinski definition) is 1. The monoisotopic (exact) mass is 414 g/mol. The normalized spacial score (nSPS) is 11.2. The average molecular weight is 414 g/mol. The van der Waals surface area contributed by atoms with Crippen LogP contribution in [-0.2, 0) is 21.7 Å². The predicted molar refractivity (Wildman–Crippen MR) is 105 cm³/mol. The van der Waals surface area contributed by atoms with Gasteiger partial charge in [0.2, 0.25) is 5.60 Å². The Labute approximate surface area is 172 Å². The number of carbonyl (C=O) groups excluding carboxylic acids is 1. The van der Waals surface area contributed by atoms with Crippen molar-refractivity contribution in [2.75, 3.05) is 7.11 Å². The van der Waals surface area contributed by atoms with Crippen molar-refractivity contribution in [3.05, 3.63) is 95.6 Å². The molecule has 30 heavy (non-hydrogen) atoms. The maximum atomic E-state index is 13.0. The summed E-state index contributed by atoms with van der Waals surface area (Å²) >= 11 is 0. The van der Waals surface area contributed by atoms with Gasteiger partial charge in [0.1, 0.15) is 6.61 Å². The molecule has 3 aromatic carbocycles. The largest absolute Gasteiger partial charge is 0.493 e. The first-order chi connectivity index (χ1) is 14.4. The third-order valence-corrected chi connectivity index (χ3v) is 4.49. The zero-order chi connectivity index (χ0) is 21.6. The smallest absolute Gasteiger partial charge is 0.387 e. The molecule has 3 rings (SSSR count). The minimum Gasteiger partial charge on any atom is -0.493 e. The molecule has 0 spiro atoms. The maximum absolute atomic E-state index is 13.0. The number of halogens is 2. The first kappa shape index (κ1) is 21.3. The summed E-state index contributed by atoms with van der Waals surface area (Å²) in [7, 11) is 1.31. The second-order valence-electron chi connectivity index (χ2n) is 6.38. The van der Waals surface area contributed by atoms with Crippen LogP contribution in [0.25, 0.3) is 0 Å². The molecule has 0 atom stereocenters. The predicted octanol–water partition coefficient (Wildman–Crippen LogP) is 4.28. The fraction of sp³-hybridized carbons (Fsp3) is 0.174. The zero-order valence-corrected chi connectivity index (χ0v) is 16.1. The van der Waals surface area contributed by atoms with Gasteiger partial charge >= 0.3 is 12.6 Å². The van der Waals surface area contributed by atoms with Gasteiger partial charge in [0, 0.05) is 0 Å². The molecule has 0 aromatic heterocycles. The Morgan fingerprint density at radius 1 is 0.933 bits per heavy atom. The summed E-state index contributed by atoms with van der Waals surface area (Å²) < 4.78 is 39.8. The van der Waals surface area contributed by atoms with Gasteiger partial charge in [-0.25, -0.2) is 4.79 Å². The second-order valence-corrected chi connectivity index (χ2v) is 6.38. The van der Waals surface area contributed by atoms with Crippen molar-refractivity contribution >= 4 is 5.97 Å². The van der Waals surface area contributed by atoms with Crippen LogP contribution in [0.4, 0.5) is 8.78 Å². The summed E-state index contributed by atoms with van der Waals surface area (Å²) in [5.41, 5.74) is -0.810. The number of hydrogen-bond acceptors (Lipinski definition) is 5. The Balaban J connectivity index is 1.84. The molecule has 3 aromatic rings. The van der Waals surface area contributed by atoms with E-state index < -0.39 is 18.2 Å². The Morgan fingerprint density at radius 2 is 1.50 bits per heavy atom. The molecule has 156 valence electrons. The summed E-state index contributed by atoms with van der Waals surface area (Å²) in [6, 6.07) is 21.1. The van der Waals surface area contributed by atoms with Crippen molar-refractivity contribution in [1.29, 1.82) is 0 Å². The lowest BCUT2D eigenvalue weighted by molar-refractivity contribution is -0.163. The number of methoxy groups -OCH3 is 1. The summed E-state index contributed by atoms with van der Waals surface area (Å²) in [6.07, 6.45) is 0. The Kier molecular flexibility index (Phi) is 6.64. The first-order valence-corrected chi connectivity index (χ1v) is 9.07. The molecule has 0 unspecified atom stereocenters. The molecular formula is C23H20F2O5. The fourth-order valence-electron chi connectivity index (χ4n) is 3.01. The highest BCUT2D eigenvalue weighted by Gasteiger charge is 2.41. The van der Waals surface area contributed by atoms with Crippen molar-refractivity contribution in [1.82, 2.24) is 0 Å². The summed E-state index contributed by atoms with van der Waals surface area (Å²) in [4.78, 5) is 13.0. The number of carbonyl (C=O) groups is 1. The maximum Gasteiger partial charge on any atom is 0.387 e. The lowest BCUT2D eigenvalue weighted by atomic mass is 9.86. The molecule has 5 nitrogen and oxygen atoms in total. The van der Waals surface area contributed by atoms with Gasteiger partial charge in [-0.3, -0.25) is 0 Å². The number of alkyl halides is 2. The van der Waals surface area contributed by atoms with Crippen molar-refractivity contribution < 1.29 is 32.9 Å². The molecule has 1 N–H and O–H groups in total. The molecule has 7 heteroatoms. The Morgan fingerprint density at radius 3 is 2.00 bits per heavy atom. The topological polar surface area (TPSA) is 65.0 Å². The lowest BCUT2D eigenvalue weighted by Gasteiger charge is -2.27. The van der Waals surface area contributed by atoms with Crippen LogP contribution in [0.3, 0.4) is 0 Å². The number of ether oxygens (including phenoxy) is 3. The summed E-state index contributed by atoms with van der Waals surface area (Å²) in [5.74, 6) is -0.926. The van der Waals surface area contributed by atoms with E-state index in [0.717, 1.165) is 0 Å². The number of aliphatic hydroxyl groups is 1. The molecule has 0 saturated carbocycles. The molecule has 0 radical (unpaired) electrons. The molecular weight excluding hydrogens is 394 g/mol. The number of rotatable bonds is 8. The molecule has 0 heterocycles. The molecule has 0 aliphatic heterocycles. The van der Waals surface area contributed by atoms with E-state index in [1.807, 2.05) is 0 Å². The molecule has 0 bridgehead atoms. The third-order valence-electron chi connectivity index (χ3n) is 4.49. The van der Waals surface area contributed by atoms with Gasteiger partial charge < -0.3 is 19.3 Å². The van der Waals surface area contributed by atoms with Gasteiger partial charge in [-0.1, -0.05) is 66.7 Å². The quantitative estimate of drug-likeness (QED) is 0.558. The van der Waals surface area contributed by atoms with Crippen LogP contribution < -0.4 is 9.47 Å². The SMILES string of the molecule is COc1cc(COC(=O)C(O)(c2ccccc2)c2ccccc2)ccc1OC(F)F. The van der Waals surface area contributed by atoms with Gasteiger partial charge in [-0.15, -0.1) is 0 Å². The highest BCUT2D eigenvalue weighted by atomic mass is 19.3. The Hall–Kier alpha value is -3.45. The average Bonchev–Trinajstić information content (AvgIpc) is 2.78. The minimum atomic E-state index is -2.99. The van der Waals surface area contributed by atoms with E-state index in [9.17, 15) is 18.7 Å². The molecule has 0 amide bonds. The van der Waals surface area contributed by atoms with Gasteiger partial charge in [-0.2, -0.15) is 8.78 Å². The van der Waals surface area contributed by atoms with Crippen LogP contribution in [-0.4, -0.2) is 24.8 Å². The molecule has 0 fully saturated rings. The highest BCUT2D eigenvalue weighted by molar-refractivity contribution is 5.85. The van der Waals surface area contributed by atoms with Crippen LogP contribution in [0.1, 0.15) is 16.7 Å². The molecule has 0 aliphatic carbocycles. The van der Waals surface area contributed by atoms with E-state index in [2.05, 4.69) is 4.74 Å². The van der Waals surface area contributed by atoms with E-state index in [0.29, 0.717) is 16.7 Å². The van der Waals surface area contributed by atoms with Gasteiger partial charge in [-0.05, 0) is 28.8 Å².